The largest absolute Gasteiger partial charge is 0.497 e. The number of hydrogen-bond acceptors (Lipinski definition) is 2. The van der Waals surface area contributed by atoms with Crippen molar-refractivity contribution >= 4 is 17.1 Å². The van der Waals surface area contributed by atoms with E-state index in [1.807, 2.05) is 29.2 Å². The number of methoxy groups -OCH3 is 1. The van der Waals surface area contributed by atoms with E-state index < -0.39 is 0 Å². The van der Waals surface area contributed by atoms with Crippen LogP contribution < -0.4 is 9.64 Å². The van der Waals surface area contributed by atoms with E-state index in [9.17, 15) is 8.78 Å². The van der Waals surface area contributed by atoms with Gasteiger partial charge in [-0.25, -0.2) is 8.78 Å². The highest BCUT2D eigenvalue weighted by molar-refractivity contribution is 5.76. The SMILES string of the molecule is COc1cccc(N(c2ccc(F)cc2)c2ccc(F)cc2)c1. The third kappa shape index (κ3) is 3.31. The van der Waals surface area contributed by atoms with Gasteiger partial charge in [-0.05, 0) is 60.7 Å². The second-order valence-corrected chi connectivity index (χ2v) is 4.99. The van der Waals surface area contributed by atoms with Crippen molar-refractivity contribution in [1.82, 2.24) is 0 Å². The first-order valence-corrected chi connectivity index (χ1v) is 7.13. The predicted molar refractivity (Wildman–Crippen MR) is 87.6 cm³/mol. The Kier molecular flexibility index (Phi) is 4.24. The lowest BCUT2D eigenvalue weighted by molar-refractivity contribution is 0.415. The number of rotatable bonds is 4. The molecule has 0 fully saturated rings. The molecular weight excluding hydrogens is 296 g/mol. The maximum Gasteiger partial charge on any atom is 0.123 e. The number of halogens is 2. The van der Waals surface area contributed by atoms with E-state index in [0.29, 0.717) is 5.75 Å². The van der Waals surface area contributed by atoms with E-state index in [1.54, 1.807) is 31.4 Å². The van der Waals surface area contributed by atoms with Gasteiger partial charge in [0, 0.05) is 23.1 Å². The van der Waals surface area contributed by atoms with Crippen molar-refractivity contribution < 1.29 is 13.5 Å². The molecule has 0 heterocycles. The van der Waals surface area contributed by atoms with Gasteiger partial charge in [0.25, 0.3) is 0 Å². The van der Waals surface area contributed by atoms with Crippen LogP contribution in [0.3, 0.4) is 0 Å². The standard InChI is InChI=1S/C19H15F2NO/c1-23-19-4-2-3-18(13-19)22(16-9-5-14(20)6-10-16)17-11-7-15(21)8-12-17/h2-13H,1H3. The predicted octanol–water partition coefficient (Wildman–Crippen LogP) is 5.44. The Morgan fingerprint density at radius 1 is 0.696 bits per heavy atom. The van der Waals surface area contributed by atoms with Crippen molar-refractivity contribution in [2.45, 2.75) is 0 Å². The Morgan fingerprint density at radius 2 is 1.22 bits per heavy atom. The summed E-state index contributed by atoms with van der Waals surface area (Å²) in [5.41, 5.74) is 2.38. The average Bonchev–Trinajstić information content (AvgIpc) is 2.59. The highest BCUT2D eigenvalue weighted by Gasteiger charge is 2.13. The number of nitrogens with zero attached hydrogens (tertiary/aromatic N) is 1. The topological polar surface area (TPSA) is 12.5 Å². The van der Waals surface area contributed by atoms with E-state index >= 15 is 0 Å². The fraction of sp³-hybridized carbons (Fsp3) is 0.0526. The molecule has 0 aliphatic rings. The van der Waals surface area contributed by atoms with Crippen molar-refractivity contribution in [1.29, 1.82) is 0 Å². The van der Waals surface area contributed by atoms with Gasteiger partial charge in [-0.2, -0.15) is 0 Å². The van der Waals surface area contributed by atoms with Crippen molar-refractivity contribution in [3.05, 3.63) is 84.4 Å². The fourth-order valence-electron chi connectivity index (χ4n) is 2.38. The maximum atomic E-state index is 13.2. The lowest BCUT2D eigenvalue weighted by atomic mass is 10.2. The molecule has 0 bridgehead atoms. The monoisotopic (exact) mass is 311 g/mol. The summed E-state index contributed by atoms with van der Waals surface area (Å²) in [7, 11) is 1.60. The molecule has 0 amide bonds. The van der Waals surface area contributed by atoms with Crippen LogP contribution in [0.5, 0.6) is 5.75 Å². The van der Waals surface area contributed by atoms with Crippen molar-refractivity contribution in [3.63, 3.8) is 0 Å². The summed E-state index contributed by atoms with van der Waals surface area (Å²) in [6.45, 7) is 0. The molecular formula is C19H15F2NO. The molecule has 0 atom stereocenters. The fourth-order valence-corrected chi connectivity index (χ4v) is 2.38. The molecule has 4 heteroatoms. The first-order chi connectivity index (χ1) is 11.2. The molecule has 0 saturated heterocycles. The van der Waals surface area contributed by atoms with Gasteiger partial charge in [0.1, 0.15) is 17.4 Å². The van der Waals surface area contributed by atoms with Crippen LogP contribution in [0.4, 0.5) is 25.8 Å². The van der Waals surface area contributed by atoms with E-state index in [0.717, 1.165) is 17.1 Å². The molecule has 116 valence electrons. The Labute approximate surface area is 133 Å². The molecule has 0 aliphatic carbocycles. The number of anilines is 3. The van der Waals surface area contributed by atoms with Crippen molar-refractivity contribution in [2.75, 3.05) is 12.0 Å². The van der Waals surface area contributed by atoms with Crippen LogP contribution in [0.1, 0.15) is 0 Å². The van der Waals surface area contributed by atoms with Gasteiger partial charge < -0.3 is 9.64 Å². The van der Waals surface area contributed by atoms with Gasteiger partial charge in [-0.15, -0.1) is 0 Å². The Balaban J connectivity index is 2.12. The van der Waals surface area contributed by atoms with Gasteiger partial charge in [-0.1, -0.05) is 6.07 Å². The van der Waals surface area contributed by atoms with Crippen LogP contribution in [-0.2, 0) is 0 Å². The zero-order chi connectivity index (χ0) is 16.2. The van der Waals surface area contributed by atoms with Gasteiger partial charge in [0.2, 0.25) is 0 Å². The molecule has 0 saturated carbocycles. The summed E-state index contributed by atoms with van der Waals surface area (Å²) in [6.07, 6.45) is 0. The van der Waals surface area contributed by atoms with Crippen LogP contribution in [0, 0.1) is 11.6 Å². The Bertz CT molecular complexity index is 740. The molecule has 3 rings (SSSR count). The van der Waals surface area contributed by atoms with Gasteiger partial charge in [-0.3, -0.25) is 0 Å². The maximum absolute atomic E-state index is 13.2. The molecule has 0 aromatic heterocycles. The smallest absolute Gasteiger partial charge is 0.123 e. The average molecular weight is 311 g/mol. The Morgan fingerprint density at radius 3 is 1.70 bits per heavy atom. The number of ether oxygens (including phenoxy) is 1. The summed E-state index contributed by atoms with van der Waals surface area (Å²) in [6, 6.07) is 19.8. The first-order valence-electron chi connectivity index (χ1n) is 7.13. The minimum atomic E-state index is -0.307. The van der Waals surface area contributed by atoms with E-state index in [-0.39, 0.29) is 11.6 Å². The summed E-state index contributed by atoms with van der Waals surface area (Å²) in [4.78, 5) is 1.90. The Hall–Kier alpha value is -2.88. The van der Waals surface area contributed by atoms with E-state index in [1.165, 1.54) is 24.3 Å². The molecule has 0 N–H and O–H groups in total. The van der Waals surface area contributed by atoms with Crippen molar-refractivity contribution in [3.8, 4) is 5.75 Å². The summed E-state index contributed by atoms with van der Waals surface area (Å²) in [5, 5.41) is 0. The van der Waals surface area contributed by atoms with Crippen molar-refractivity contribution in [2.24, 2.45) is 0 Å². The van der Waals surface area contributed by atoms with E-state index in [2.05, 4.69) is 0 Å². The molecule has 0 unspecified atom stereocenters. The van der Waals surface area contributed by atoms with Gasteiger partial charge in [0.15, 0.2) is 0 Å². The normalized spacial score (nSPS) is 10.4. The molecule has 3 aromatic rings. The lowest BCUT2D eigenvalue weighted by Crippen LogP contribution is -2.10. The third-order valence-electron chi connectivity index (χ3n) is 3.48. The van der Waals surface area contributed by atoms with Crippen LogP contribution in [0.25, 0.3) is 0 Å². The number of benzene rings is 3. The quantitative estimate of drug-likeness (QED) is 0.636. The van der Waals surface area contributed by atoms with Gasteiger partial charge in [0.05, 0.1) is 7.11 Å². The molecule has 0 radical (unpaired) electrons. The van der Waals surface area contributed by atoms with Crippen LogP contribution in [0.2, 0.25) is 0 Å². The third-order valence-corrected chi connectivity index (χ3v) is 3.48. The summed E-state index contributed by atoms with van der Waals surface area (Å²) in [5.74, 6) is 0.0913. The van der Waals surface area contributed by atoms with E-state index in [4.69, 9.17) is 4.74 Å². The molecule has 0 aliphatic heterocycles. The zero-order valence-corrected chi connectivity index (χ0v) is 12.5. The minimum Gasteiger partial charge on any atom is -0.497 e. The lowest BCUT2D eigenvalue weighted by Gasteiger charge is -2.25. The number of hydrogen-bond donors (Lipinski definition) is 0. The first kappa shape index (κ1) is 15.0. The van der Waals surface area contributed by atoms with Crippen LogP contribution in [0.15, 0.2) is 72.8 Å². The second-order valence-electron chi connectivity index (χ2n) is 4.99. The molecule has 23 heavy (non-hydrogen) atoms. The molecule has 2 nitrogen and oxygen atoms in total. The highest BCUT2D eigenvalue weighted by atomic mass is 19.1. The van der Waals surface area contributed by atoms with Crippen LogP contribution in [-0.4, -0.2) is 7.11 Å². The molecule has 3 aromatic carbocycles. The zero-order valence-electron chi connectivity index (χ0n) is 12.5. The van der Waals surface area contributed by atoms with Crippen LogP contribution >= 0.6 is 0 Å². The van der Waals surface area contributed by atoms with Gasteiger partial charge >= 0.3 is 0 Å². The highest BCUT2D eigenvalue weighted by Crippen LogP contribution is 2.35. The summed E-state index contributed by atoms with van der Waals surface area (Å²) < 4.78 is 31.7. The molecule has 0 spiro atoms. The second kappa shape index (κ2) is 6.48. The minimum absolute atomic E-state index is 0.307. The summed E-state index contributed by atoms with van der Waals surface area (Å²) >= 11 is 0.